The molecule has 4 aliphatic heterocycles. The summed E-state index contributed by atoms with van der Waals surface area (Å²) in [5.74, 6) is 0.752. The Kier molecular flexibility index (Phi) is 32.7. The Morgan fingerprint density at radius 3 is 1.23 bits per heavy atom. The summed E-state index contributed by atoms with van der Waals surface area (Å²) in [5, 5.41) is 24.3. The van der Waals surface area contributed by atoms with Crippen molar-refractivity contribution in [2.45, 2.75) is 176 Å². The lowest BCUT2D eigenvalue weighted by Gasteiger charge is -2.16. The second kappa shape index (κ2) is 39.3. The fourth-order valence-corrected chi connectivity index (χ4v) is 13.0. The van der Waals surface area contributed by atoms with Crippen molar-refractivity contribution in [2.75, 3.05) is 97.3 Å². The summed E-state index contributed by atoms with van der Waals surface area (Å²) in [5.41, 5.74) is 1.19. The van der Waals surface area contributed by atoms with Gasteiger partial charge in [-0.3, -0.25) is 28.8 Å². The Hall–Kier alpha value is -4.16. The van der Waals surface area contributed by atoms with Crippen molar-refractivity contribution < 1.29 is 71.9 Å². The number of unbranched alkanes of at least 4 members (excludes halogenated alkanes) is 6. The van der Waals surface area contributed by atoms with Gasteiger partial charge in [0.1, 0.15) is 11.6 Å². The van der Waals surface area contributed by atoms with E-state index in [-0.39, 0.29) is 80.0 Å². The molecule has 5 rings (SSSR count). The number of nitrogens with one attached hydrogen (secondary N) is 5. The molecule has 4 aliphatic rings. The minimum atomic E-state index is -1.03. The summed E-state index contributed by atoms with van der Waals surface area (Å²) in [6.45, 7) is 5.47. The molecule has 6 unspecified atom stereocenters. The number of carboxylic acid groups (broad SMARTS) is 1. The molecule has 0 bridgehead atoms. The number of hydrogen-bond acceptors (Lipinski definition) is 16. The van der Waals surface area contributed by atoms with Gasteiger partial charge < -0.3 is 60.1 Å². The van der Waals surface area contributed by atoms with Gasteiger partial charge in [-0.15, -0.1) is 0 Å². The molecule has 0 aromatic heterocycles. The first-order chi connectivity index (χ1) is 38.4. The quantitative estimate of drug-likeness (QED) is 0.0229. The Morgan fingerprint density at radius 2 is 0.835 bits per heavy atom. The number of benzene rings is 1. The zero-order chi connectivity index (χ0) is 56.3. The molecule has 4 fully saturated rings. The summed E-state index contributed by atoms with van der Waals surface area (Å²) < 4.78 is 33.9. The summed E-state index contributed by atoms with van der Waals surface area (Å²) in [7, 11) is 0. The zero-order valence-corrected chi connectivity index (χ0v) is 48.0. The van der Waals surface area contributed by atoms with Gasteiger partial charge in [0.25, 0.3) is 0 Å². The Bertz CT molecular complexity index is 1930. The first-order valence-corrected chi connectivity index (χ1v) is 31.1. The maximum atomic E-state index is 13.3. The smallest absolute Gasteiger partial charge is 0.315 e. The van der Waals surface area contributed by atoms with Crippen molar-refractivity contribution >= 4 is 70.6 Å². The number of fused-ring (bicyclic) bond motifs is 2. The molecular weight excluding hydrogens is 1060 g/mol. The van der Waals surface area contributed by atoms with Crippen LogP contribution in [0, 0.1) is 0 Å². The average molecular weight is 1150 g/mol. The van der Waals surface area contributed by atoms with Crippen molar-refractivity contribution in [3.63, 3.8) is 0 Å². The van der Waals surface area contributed by atoms with Crippen LogP contribution in [-0.2, 0) is 54.0 Å². The normalized spacial score (nSPS) is 20.1. The second-order valence-corrected chi connectivity index (χ2v) is 23.3. The van der Waals surface area contributed by atoms with E-state index in [0.29, 0.717) is 169 Å². The molecule has 0 saturated carbocycles. The minimum Gasteiger partial charge on any atom is -0.481 e. The molecule has 0 radical (unpaired) electrons. The van der Waals surface area contributed by atoms with Crippen molar-refractivity contribution in [3.05, 3.63) is 34.9 Å². The second-order valence-electron chi connectivity index (χ2n) is 20.8. The average Bonchev–Trinajstić information content (AvgIpc) is 4.23. The SMILES string of the molecule is O=C(O)CCNC(=O)Cc1cc(C(=O)CCCCOCCOCCOCCCCC(=O)CCCCC2SCC3NC(=O)NC32)cc(C(=O)CCCCOCCOCCOCCCCC(=O)CCCCC2SCC3NC(=O)NC32)c1. The van der Waals surface area contributed by atoms with Crippen LogP contribution in [0.15, 0.2) is 18.2 Å². The fourth-order valence-electron chi connectivity index (χ4n) is 9.95. The van der Waals surface area contributed by atoms with Crippen molar-refractivity contribution in [1.29, 1.82) is 0 Å². The third-order valence-electron chi connectivity index (χ3n) is 14.3. The molecule has 4 saturated heterocycles. The molecule has 1 aromatic rings. The van der Waals surface area contributed by atoms with Crippen LogP contribution in [-0.4, -0.2) is 184 Å². The highest BCUT2D eigenvalue weighted by Crippen LogP contribution is 2.34. The molecule has 0 spiro atoms. The van der Waals surface area contributed by atoms with Gasteiger partial charge in [-0.25, -0.2) is 9.59 Å². The molecule has 79 heavy (non-hydrogen) atoms. The number of aliphatic carboxylic acids is 1. The van der Waals surface area contributed by atoms with Gasteiger partial charge in [-0.05, 0) is 101 Å². The molecule has 0 aliphatic carbocycles. The first-order valence-electron chi connectivity index (χ1n) is 29.0. The molecular formula is C57H89N5O15S2. The van der Waals surface area contributed by atoms with E-state index in [1.165, 1.54) is 0 Å². The van der Waals surface area contributed by atoms with E-state index in [9.17, 15) is 38.4 Å². The standard InChI is InChI=1S/C57H89N5O15S2/c63-44(13-1-3-19-50-54-46(39-78-50)59-56(70)61-54)15-5-9-23-72-27-31-76-33-29-74-25-11-7-17-48(65)42-35-41(37-52(67)58-22-21-53(68)69)36-43(38-42)49(66)18-8-12-26-75-30-34-77-32-28-73-24-10-6-16-45(64)14-2-4-20-51-55-47(40-79-51)60-57(71)62-55/h35-36,38,46-47,50-51,54-55H,1-34,37,39-40H2,(H,58,67)(H,68,69)(H2,59,61,70)(H2,60,62,71). The molecule has 6 atom stereocenters. The maximum Gasteiger partial charge on any atom is 0.315 e. The Morgan fingerprint density at radius 1 is 0.468 bits per heavy atom. The predicted octanol–water partition coefficient (Wildman–Crippen LogP) is 6.56. The summed E-state index contributed by atoms with van der Waals surface area (Å²) in [6.07, 6.45) is 14.0. The van der Waals surface area contributed by atoms with Crippen LogP contribution >= 0.6 is 23.5 Å². The largest absolute Gasteiger partial charge is 0.481 e. The lowest BCUT2D eigenvalue weighted by molar-refractivity contribution is -0.137. The molecule has 1 aromatic carbocycles. The third kappa shape index (κ3) is 27.4. The van der Waals surface area contributed by atoms with Gasteiger partial charge in [0.2, 0.25) is 5.91 Å². The van der Waals surface area contributed by atoms with Gasteiger partial charge in [0.05, 0.1) is 89.9 Å². The Labute approximate surface area is 475 Å². The maximum absolute atomic E-state index is 13.3. The molecule has 5 amide bonds. The van der Waals surface area contributed by atoms with E-state index in [1.807, 2.05) is 23.5 Å². The number of hydrogen-bond donors (Lipinski definition) is 6. The number of ketones is 4. The lowest BCUT2D eigenvalue weighted by Crippen LogP contribution is -2.36. The van der Waals surface area contributed by atoms with Crippen molar-refractivity contribution in [3.8, 4) is 0 Å². The van der Waals surface area contributed by atoms with Gasteiger partial charge in [0.15, 0.2) is 11.6 Å². The van der Waals surface area contributed by atoms with Gasteiger partial charge in [0, 0.05) is 105 Å². The third-order valence-corrected chi connectivity index (χ3v) is 17.3. The zero-order valence-electron chi connectivity index (χ0n) is 46.3. The molecule has 22 heteroatoms. The number of ether oxygens (including phenoxy) is 6. The van der Waals surface area contributed by atoms with Gasteiger partial charge in [-0.2, -0.15) is 23.5 Å². The fraction of sp³-hybridized carbons (Fsp3) is 0.754. The van der Waals surface area contributed by atoms with E-state index in [4.69, 9.17) is 33.5 Å². The van der Waals surface area contributed by atoms with Crippen LogP contribution in [0.25, 0.3) is 0 Å². The number of thioether (sulfide) groups is 2. The Balaban J connectivity index is 0.818. The van der Waals surface area contributed by atoms with Gasteiger partial charge in [-0.1, -0.05) is 12.8 Å². The number of carbonyl (C=O) groups excluding carboxylic acids is 7. The van der Waals surface area contributed by atoms with E-state index in [2.05, 4.69) is 26.6 Å². The van der Waals surface area contributed by atoms with Gasteiger partial charge >= 0.3 is 18.0 Å². The molecule has 6 N–H and O–H groups in total. The summed E-state index contributed by atoms with van der Waals surface area (Å²) in [6, 6.07) is 5.60. The van der Waals surface area contributed by atoms with Crippen molar-refractivity contribution in [2.24, 2.45) is 0 Å². The highest BCUT2D eigenvalue weighted by atomic mass is 32.2. The number of amides is 5. The topological polar surface area (TPSA) is 272 Å². The van der Waals surface area contributed by atoms with Crippen LogP contribution in [0.2, 0.25) is 0 Å². The van der Waals surface area contributed by atoms with Crippen LogP contribution < -0.4 is 26.6 Å². The van der Waals surface area contributed by atoms with E-state index < -0.39 is 11.9 Å². The first kappa shape index (κ1) is 65.6. The number of Topliss-reactive ketones (excluding diaryl/α,β-unsaturated/α-hetero) is 4. The highest BCUT2D eigenvalue weighted by Gasteiger charge is 2.43. The highest BCUT2D eigenvalue weighted by molar-refractivity contribution is 8.00. The lowest BCUT2D eigenvalue weighted by atomic mass is 9.95. The van der Waals surface area contributed by atoms with E-state index >= 15 is 0 Å². The number of urea groups is 2. The number of rotatable bonds is 49. The predicted molar refractivity (Wildman–Crippen MR) is 302 cm³/mol. The van der Waals surface area contributed by atoms with E-state index in [0.717, 1.165) is 75.7 Å². The van der Waals surface area contributed by atoms with Crippen LogP contribution in [0.5, 0.6) is 0 Å². The number of carbonyl (C=O) groups is 8. The van der Waals surface area contributed by atoms with E-state index in [1.54, 1.807) is 18.2 Å². The number of carboxylic acids is 1. The van der Waals surface area contributed by atoms with Crippen LogP contribution in [0.3, 0.4) is 0 Å². The molecule has 4 heterocycles. The van der Waals surface area contributed by atoms with Crippen LogP contribution in [0.4, 0.5) is 9.59 Å². The van der Waals surface area contributed by atoms with Crippen LogP contribution in [0.1, 0.15) is 161 Å². The van der Waals surface area contributed by atoms with Crippen molar-refractivity contribution in [1.82, 2.24) is 26.6 Å². The molecule has 20 nitrogen and oxygen atoms in total. The monoisotopic (exact) mass is 1150 g/mol. The summed E-state index contributed by atoms with van der Waals surface area (Å²) in [4.78, 5) is 98.0. The minimum absolute atomic E-state index is 0.0285. The summed E-state index contributed by atoms with van der Waals surface area (Å²) >= 11 is 3.81. The molecule has 444 valence electrons.